The van der Waals surface area contributed by atoms with Crippen LogP contribution < -0.4 is 15.1 Å². The van der Waals surface area contributed by atoms with E-state index in [0.29, 0.717) is 0 Å². The molecular weight excluding hydrogens is 238 g/mol. The summed E-state index contributed by atoms with van der Waals surface area (Å²) in [6.07, 6.45) is 0.929. The Hall–Kier alpha value is -1.26. The second kappa shape index (κ2) is 5.80. The predicted octanol–water partition coefficient (Wildman–Crippen LogP) is 1.30. The molecule has 0 bridgehead atoms. The van der Waals surface area contributed by atoms with Crippen molar-refractivity contribution in [3.63, 3.8) is 0 Å². The number of nitrogens with one attached hydrogen (secondary N) is 1. The van der Waals surface area contributed by atoms with E-state index in [4.69, 9.17) is 0 Å². The van der Waals surface area contributed by atoms with Crippen molar-refractivity contribution in [2.45, 2.75) is 18.9 Å². The van der Waals surface area contributed by atoms with E-state index >= 15 is 0 Å². The summed E-state index contributed by atoms with van der Waals surface area (Å²) in [5, 5.41) is 12.7. The van der Waals surface area contributed by atoms with Crippen LogP contribution in [0, 0.1) is 0 Å². The molecule has 0 aliphatic carbocycles. The van der Waals surface area contributed by atoms with Crippen molar-refractivity contribution in [3.8, 4) is 0 Å². The summed E-state index contributed by atoms with van der Waals surface area (Å²) in [5.74, 6) is 0. The molecule has 1 aromatic carbocycles. The predicted molar refractivity (Wildman–Crippen MR) is 81.1 cm³/mol. The van der Waals surface area contributed by atoms with E-state index in [2.05, 4.69) is 53.4 Å². The lowest BCUT2D eigenvalue weighted by Gasteiger charge is -2.39. The number of aliphatic hydroxyl groups is 1. The van der Waals surface area contributed by atoms with Crippen LogP contribution in [0.1, 0.15) is 13.3 Å². The molecule has 1 aliphatic heterocycles. The molecule has 1 aromatic rings. The maximum absolute atomic E-state index is 9.46. The van der Waals surface area contributed by atoms with Gasteiger partial charge in [-0.1, -0.05) is 12.1 Å². The van der Waals surface area contributed by atoms with Crippen LogP contribution in [0.5, 0.6) is 0 Å². The lowest BCUT2D eigenvalue weighted by atomic mass is 9.98. The van der Waals surface area contributed by atoms with Crippen LogP contribution in [0.25, 0.3) is 0 Å². The molecule has 4 heteroatoms. The summed E-state index contributed by atoms with van der Waals surface area (Å²) in [5.41, 5.74) is 2.40. The van der Waals surface area contributed by atoms with E-state index in [1.807, 2.05) is 7.05 Å². The molecule has 0 aromatic heterocycles. The molecule has 2 rings (SSSR count). The molecule has 4 nitrogen and oxygen atoms in total. The first-order chi connectivity index (χ1) is 9.09. The van der Waals surface area contributed by atoms with Gasteiger partial charge in [0, 0.05) is 32.2 Å². The molecule has 1 aliphatic rings. The fourth-order valence-electron chi connectivity index (χ4n) is 2.46. The Labute approximate surface area is 116 Å². The number of likely N-dealkylation sites (N-methyl/N-ethyl adjacent to an activating group) is 2. The van der Waals surface area contributed by atoms with Gasteiger partial charge in [-0.15, -0.1) is 0 Å². The highest BCUT2D eigenvalue weighted by molar-refractivity contribution is 5.73. The van der Waals surface area contributed by atoms with Gasteiger partial charge in [0.25, 0.3) is 0 Å². The number of anilines is 2. The minimum atomic E-state index is -0.196. The van der Waals surface area contributed by atoms with Crippen molar-refractivity contribution in [2.24, 2.45) is 0 Å². The molecule has 0 fully saturated rings. The Morgan fingerprint density at radius 2 is 1.95 bits per heavy atom. The first-order valence-corrected chi connectivity index (χ1v) is 6.94. The van der Waals surface area contributed by atoms with Crippen LogP contribution in [0.15, 0.2) is 24.3 Å². The Morgan fingerprint density at radius 1 is 1.26 bits per heavy atom. The molecule has 2 N–H and O–H groups in total. The van der Waals surface area contributed by atoms with Gasteiger partial charge in [0.15, 0.2) is 0 Å². The van der Waals surface area contributed by atoms with E-state index in [0.717, 1.165) is 26.1 Å². The molecule has 19 heavy (non-hydrogen) atoms. The number of hydrogen-bond donors (Lipinski definition) is 2. The first kappa shape index (κ1) is 14.2. The summed E-state index contributed by atoms with van der Waals surface area (Å²) in [7, 11) is 4.05. The highest BCUT2D eigenvalue weighted by atomic mass is 16.3. The summed E-state index contributed by atoms with van der Waals surface area (Å²) < 4.78 is 0. The van der Waals surface area contributed by atoms with E-state index < -0.39 is 0 Å². The fraction of sp³-hybridized carbons (Fsp3) is 0.600. The number of nitrogens with zero attached hydrogens (tertiary/aromatic N) is 2. The Kier molecular flexibility index (Phi) is 4.32. The van der Waals surface area contributed by atoms with Crippen LogP contribution in [-0.4, -0.2) is 51.0 Å². The molecule has 1 unspecified atom stereocenters. The summed E-state index contributed by atoms with van der Waals surface area (Å²) in [6, 6.07) is 8.53. The van der Waals surface area contributed by atoms with Crippen LogP contribution in [0.2, 0.25) is 0 Å². The van der Waals surface area contributed by atoms with Gasteiger partial charge in [-0.2, -0.15) is 0 Å². The van der Waals surface area contributed by atoms with Gasteiger partial charge in [-0.25, -0.2) is 0 Å². The Bertz CT molecular complexity index is 418. The SMILES string of the molecule is CNC(C)(CO)CCN1CCN(C)c2ccccc21. The Morgan fingerprint density at radius 3 is 2.58 bits per heavy atom. The highest BCUT2D eigenvalue weighted by Crippen LogP contribution is 2.32. The molecule has 0 radical (unpaired) electrons. The Balaban J connectivity index is 2.09. The second-order valence-corrected chi connectivity index (χ2v) is 5.62. The molecule has 0 saturated carbocycles. The van der Waals surface area contributed by atoms with Crippen LogP contribution >= 0.6 is 0 Å². The minimum Gasteiger partial charge on any atom is -0.394 e. The normalized spacial score (nSPS) is 18.1. The van der Waals surface area contributed by atoms with Crippen molar-refractivity contribution in [1.82, 2.24) is 5.32 Å². The fourth-order valence-corrected chi connectivity index (χ4v) is 2.46. The first-order valence-electron chi connectivity index (χ1n) is 6.94. The van der Waals surface area contributed by atoms with Crippen LogP contribution in [-0.2, 0) is 0 Å². The average Bonchev–Trinajstić information content (AvgIpc) is 2.46. The molecule has 0 spiro atoms. The van der Waals surface area contributed by atoms with Gasteiger partial charge < -0.3 is 20.2 Å². The monoisotopic (exact) mass is 263 g/mol. The van der Waals surface area contributed by atoms with Crippen molar-refractivity contribution in [3.05, 3.63) is 24.3 Å². The van der Waals surface area contributed by atoms with Crippen LogP contribution in [0.3, 0.4) is 0 Å². The van der Waals surface area contributed by atoms with E-state index in [-0.39, 0.29) is 12.1 Å². The molecule has 106 valence electrons. The maximum atomic E-state index is 9.46. The second-order valence-electron chi connectivity index (χ2n) is 5.62. The number of para-hydroxylation sites is 2. The van der Waals surface area contributed by atoms with E-state index in [1.54, 1.807) is 0 Å². The maximum Gasteiger partial charge on any atom is 0.0611 e. The lowest BCUT2D eigenvalue weighted by Crippen LogP contribution is -2.48. The van der Waals surface area contributed by atoms with Crippen molar-refractivity contribution in [1.29, 1.82) is 0 Å². The third kappa shape index (κ3) is 3.01. The molecule has 0 saturated heterocycles. The largest absolute Gasteiger partial charge is 0.394 e. The number of rotatable bonds is 5. The number of aliphatic hydroxyl groups excluding tert-OH is 1. The van der Waals surface area contributed by atoms with Crippen molar-refractivity contribution in [2.75, 3.05) is 50.1 Å². The summed E-state index contributed by atoms with van der Waals surface area (Å²) in [4.78, 5) is 4.72. The van der Waals surface area contributed by atoms with Gasteiger partial charge in [0.2, 0.25) is 0 Å². The number of hydrogen-bond acceptors (Lipinski definition) is 4. The van der Waals surface area contributed by atoms with Crippen molar-refractivity contribution < 1.29 is 5.11 Å². The van der Waals surface area contributed by atoms with Gasteiger partial charge in [0.05, 0.1) is 18.0 Å². The third-order valence-corrected chi connectivity index (χ3v) is 4.23. The molecule has 1 heterocycles. The van der Waals surface area contributed by atoms with Gasteiger partial charge in [-0.05, 0) is 32.5 Å². The number of benzene rings is 1. The zero-order chi connectivity index (χ0) is 13.9. The molecule has 0 amide bonds. The summed E-state index contributed by atoms with van der Waals surface area (Å²) >= 11 is 0. The van der Waals surface area contributed by atoms with Crippen LogP contribution in [0.4, 0.5) is 11.4 Å². The van der Waals surface area contributed by atoms with Gasteiger partial charge in [-0.3, -0.25) is 0 Å². The van der Waals surface area contributed by atoms with E-state index in [9.17, 15) is 5.11 Å². The third-order valence-electron chi connectivity index (χ3n) is 4.23. The lowest BCUT2D eigenvalue weighted by molar-refractivity contribution is 0.175. The zero-order valence-corrected chi connectivity index (χ0v) is 12.2. The van der Waals surface area contributed by atoms with Crippen molar-refractivity contribution >= 4 is 11.4 Å². The quantitative estimate of drug-likeness (QED) is 0.840. The molecule has 1 atom stereocenters. The minimum absolute atomic E-state index is 0.166. The average molecular weight is 263 g/mol. The highest BCUT2D eigenvalue weighted by Gasteiger charge is 2.24. The topological polar surface area (TPSA) is 38.7 Å². The van der Waals surface area contributed by atoms with Gasteiger partial charge in [0.1, 0.15) is 0 Å². The van der Waals surface area contributed by atoms with Gasteiger partial charge >= 0.3 is 0 Å². The zero-order valence-electron chi connectivity index (χ0n) is 12.2. The smallest absolute Gasteiger partial charge is 0.0611 e. The molecular formula is C15H25N3O. The number of fused-ring (bicyclic) bond motifs is 1. The standard InChI is InChI=1S/C15H25N3O/c1-15(12-19,16-2)8-9-18-11-10-17(3)13-6-4-5-7-14(13)18/h4-7,16,19H,8-12H2,1-3H3. The van der Waals surface area contributed by atoms with E-state index in [1.165, 1.54) is 11.4 Å². The summed E-state index contributed by atoms with van der Waals surface area (Å²) in [6.45, 7) is 5.28.